The Morgan fingerprint density at radius 1 is 1.02 bits per heavy atom. The molecule has 0 saturated carbocycles. The smallest absolute Gasteiger partial charge is 0.263 e. The molecular formula is C30H28FN5O3S. The first-order valence-electron chi connectivity index (χ1n) is 12.9. The van der Waals surface area contributed by atoms with Crippen LogP contribution in [0.5, 0.6) is 5.75 Å². The summed E-state index contributed by atoms with van der Waals surface area (Å²) in [5.74, 6) is -0.570. The summed E-state index contributed by atoms with van der Waals surface area (Å²) >= 11 is 1.27. The van der Waals surface area contributed by atoms with Crippen LogP contribution in [-0.2, 0) is 0 Å². The molecule has 8 nitrogen and oxygen atoms in total. The number of aromatic amines is 1. The fourth-order valence-electron chi connectivity index (χ4n) is 4.51. The molecule has 3 N–H and O–H groups in total. The first-order valence-corrected chi connectivity index (χ1v) is 13.8. The number of benzene rings is 3. The van der Waals surface area contributed by atoms with Crippen LogP contribution in [0.1, 0.15) is 51.2 Å². The zero-order valence-corrected chi connectivity index (χ0v) is 22.6. The van der Waals surface area contributed by atoms with Gasteiger partial charge in [-0.15, -0.1) is 11.3 Å². The maximum absolute atomic E-state index is 14.2. The van der Waals surface area contributed by atoms with E-state index < -0.39 is 11.7 Å². The van der Waals surface area contributed by atoms with Crippen molar-refractivity contribution in [1.29, 1.82) is 0 Å². The van der Waals surface area contributed by atoms with Gasteiger partial charge in [0.25, 0.3) is 11.8 Å². The Labute approximate surface area is 234 Å². The van der Waals surface area contributed by atoms with Gasteiger partial charge in [0.15, 0.2) is 0 Å². The lowest BCUT2D eigenvalue weighted by molar-refractivity contribution is 0.0934. The molecular weight excluding hydrogens is 529 g/mol. The number of methoxy groups -OCH3 is 1. The molecule has 2 amide bonds. The number of unbranched alkanes of at least 4 members (excludes halogenated alkanes) is 1. The summed E-state index contributed by atoms with van der Waals surface area (Å²) in [6, 6.07) is 18.2. The van der Waals surface area contributed by atoms with Gasteiger partial charge < -0.3 is 20.4 Å². The SMILES string of the molecule is COc1cccc(F)c1C(=O)NCCCCC(NC(=O)c1cncs1)c1ncc(-c2ccc3ccccc3c2)[nH]1. The molecule has 5 rings (SSSR count). The van der Waals surface area contributed by atoms with E-state index in [1.807, 2.05) is 18.2 Å². The molecule has 0 aliphatic heterocycles. The summed E-state index contributed by atoms with van der Waals surface area (Å²) in [6.07, 6.45) is 5.18. The Morgan fingerprint density at radius 2 is 1.88 bits per heavy atom. The summed E-state index contributed by atoms with van der Waals surface area (Å²) in [4.78, 5) is 37.9. The Bertz CT molecular complexity index is 1620. The monoisotopic (exact) mass is 557 g/mol. The molecule has 0 aliphatic carbocycles. The number of halogens is 1. The second-order valence-corrected chi connectivity index (χ2v) is 10.1. The third-order valence-electron chi connectivity index (χ3n) is 6.57. The molecule has 0 fully saturated rings. The zero-order chi connectivity index (χ0) is 27.9. The molecule has 5 aromatic rings. The first-order chi connectivity index (χ1) is 19.5. The zero-order valence-electron chi connectivity index (χ0n) is 21.8. The number of aromatic nitrogens is 3. The van der Waals surface area contributed by atoms with Crippen molar-refractivity contribution >= 4 is 33.9 Å². The normalized spacial score (nSPS) is 11.8. The maximum Gasteiger partial charge on any atom is 0.263 e. The second kappa shape index (κ2) is 12.5. The Hall–Kier alpha value is -4.57. The van der Waals surface area contributed by atoms with Gasteiger partial charge in [-0.3, -0.25) is 14.6 Å². The van der Waals surface area contributed by atoms with Crippen LogP contribution in [0.4, 0.5) is 4.39 Å². The molecule has 204 valence electrons. The van der Waals surface area contributed by atoms with Gasteiger partial charge in [-0.25, -0.2) is 9.37 Å². The molecule has 0 saturated heterocycles. The van der Waals surface area contributed by atoms with Gasteiger partial charge in [0.1, 0.15) is 27.8 Å². The lowest BCUT2D eigenvalue weighted by Gasteiger charge is -2.16. The van der Waals surface area contributed by atoms with Crippen molar-refractivity contribution in [2.24, 2.45) is 0 Å². The van der Waals surface area contributed by atoms with Gasteiger partial charge in [-0.2, -0.15) is 0 Å². The van der Waals surface area contributed by atoms with Gasteiger partial charge in [-0.05, 0) is 48.2 Å². The number of carbonyl (C=O) groups is 2. The van der Waals surface area contributed by atoms with Crippen molar-refractivity contribution in [3.8, 4) is 17.0 Å². The Balaban J connectivity index is 1.25. The van der Waals surface area contributed by atoms with E-state index in [9.17, 15) is 14.0 Å². The number of nitrogens with zero attached hydrogens (tertiary/aromatic N) is 2. The fraction of sp³-hybridized carbons (Fsp3) is 0.200. The number of rotatable bonds is 11. The van der Waals surface area contributed by atoms with E-state index in [0.717, 1.165) is 22.0 Å². The van der Waals surface area contributed by atoms with Crippen molar-refractivity contribution in [3.05, 3.63) is 101 Å². The van der Waals surface area contributed by atoms with Crippen LogP contribution in [0.3, 0.4) is 0 Å². The summed E-state index contributed by atoms with van der Waals surface area (Å²) in [6.45, 7) is 0.340. The van der Waals surface area contributed by atoms with Crippen molar-refractivity contribution < 1.29 is 18.7 Å². The number of nitrogens with one attached hydrogen (secondary N) is 3. The molecule has 0 spiro atoms. The predicted octanol–water partition coefficient (Wildman–Crippen LogP) is 5.91. The van der Waals surface area contributed by atoms with E-state index in [-0.39, 0.29) is 23.3 Å². The Kier molecular flexibility index (Phi) is 8.46. The van der Waals surface area contributed by atoms with Crippen LogP contribution in [-0.4, -0.2) is 40.4 Å². The van der Waals surface area contributed by atoms with E-state index in [4.69, 9.17) is 4.74 Å². The van der Waals surface area contributed by atoms with E-state index in [2.05, 4.69) is 49.9 Å². The molecule has 1 unspecified atom stereocenters. The number of amides is 2. The molecule has 3 aromatic carbocycles. The molecule has 1 atom stereocenters. The highest BCUT2D eigenvalue weighted by Gasteiger charge is 2.21. The minimum Gasteiger partial charge on any atom is -0.496 e. The van der Waals surface area contributed by atoms with Gasteiger partial charge in [0, 0.05) is 12.1 Å². The minimum atomic E-state index is -0.636. The average molecular weight is 558 g/mol. The van der Waals surface area contributed by atoms with Crippen molar-refractivity contribution in [2.45, 2.75) is 25.3 Å². The number of hydrogen-bond donors (Lipinski definition) is 3. The summed E-state index contributed by atoms with van der Waals surface area (Å²) in [5.41, 5.74) is 3.35. The van der Waals surface area contributed by atoms with E-state index >= 15 is 0 Å². The number of H-pyrrole nitrogens is 1. The summed E-state index contributed by atoms with van der Waals surface area (Å²) in [5, 5.41) is 8.10. The fourth-order valence-corrected chi connectivity index (χ4v) is 5.03. The van der Waals surface area contributed by atoms with Crippen molar-refractivity contribution in [2.75, 3.05) is 13.7 Å². The van der Waals surface area contributed by atoms with Crippen molar-refractivity contribution in [1.82, 2.24) is 25.6 Å². The van der Waals surface area contributed by atoms with Gasteiger partial charge in [-0.1, -0.05) is 42.5 Å². The topological polar surface area (TPSA) is 109 Å². The van der Waals surface area contributed by atoms with Gasteiger partial charge in [0.05, 0.1) is 36.7 Å². The highest BCUT2D eigenvalue weighted by molar-refractivity contribution is 7.11. The standard InChI is InChI=1S/C30H28FN5O3S/c1-39-25-11-6-9-22(31)27(25)30(38)33-14-5-4-10-23(36-29(37)26-17-32-18-40-26)28-34-16-24(35-28)21-13-12-19-7-2-3-8-20(19)15-21/h2-3,6-9,11-13,15-18,23H,4-5,10,14H2,1H3,(H,33,38)(H,34,35)(H,36,37). The maximum atomic E-state index is 14.2. The number of imidazole rings is 1. The summed E-state index contributed by atoms with van der Waals surface area (Å²) < 4.78 is 19.3. The molecule has 40 heavy (non-hydrogen) atoms. The molecule has 0 bridgehead atoms. The number of ether oxygens (including phenoxy) is 1. The number of thiazole rings is 1. The quantitative estimate of drug-likeness (QED) is 0.175. The number of hydrogen-bond acceptors (Lipinski definition) is 6. The first kappa shape index (κ1) is 27.0. The predicted molar refractivity (Wildman–Crippen MR) is 153 cm³/mol. The van der Waals surface area contributed by atoms with E-state index in [0.29, 0.717) is 36.5 Å². The molecule has 2 aromatic heterocycles. The lowest BCUT2D eigenvalue weighted by Crippen LogP contribution is -2.29. The van der Waals surface area contributed by atoms with Crippen LogP contribution in [0.25, 0.3) is 22.0 Å². The van der Waals surface area contributed by atoms with Gasteiger partial charge in [0.2, 0.25) is 0 Å². The third-order valence-corrected chi connectivity index (χ3v) is 7.35. The molecule has 10 heteroatoms. The van der Waals surface area contributed by atoms with Crippen LogP contribution in [0, 0.1) is 5.82 Å². The van der Waals surface area contributed by atoms with E-state index in [1.165, 1.54) is 36.8 Å². The number of carbonyl (C=O) groups excluding carboxylic acids is 2. The van der Waals surface area contributed by atoms with Crippen LogP contribution in [0.15, 0.2) is 78.6 Å². The molecule has 2 heterocycles. The van der Waals surface area contributed by atoms with Crippen LogP contribution in [0.2, 0.25) is 0 Å². The van der Waals surface area contributed by atoms with Crippen LogP contribution >= 0.6 is 11.3 Å². The second-order valence-electron chi connectivity index (χ2n) is 9.20. The molecule has 0 aliphatic rings. The summed E-state index contributed by atoms with van der Waals surface area (Å²) in [7, 11) is 1.40. The highest BCUT2D eigenvalue weighted by atomic mass is 32.1. The third kappa shape index (κ3) is 6.18. The van der Waals surface area contributed by atoms with Crippen LogP contribution < -0.4 is 15.4 Å². The lowest BCUT2D eigenvalue weighted by atomic mass is 10.1. The van der Waals surface area contributed by atoms with E-state index in [1.54, 1.807) is 17.8 Å². The van der Waals surface area contributed by atoms with Crippen molar-refractivity contribution in [3.63, 3.8) is 0 Å². The number of fused-ring (bicyclic) bond motifs is 1. The average Bonchev–Trinajstić information content (AvgIpc) is 3.69. The minimum absolute atomic E-state index is 0.114. The molecule has 0 radical (unpaired) electrons. The Morgan fingerprint density at radius 3 is 2.67 bits per heavy atom. The largest absolute Gasteiger partial charge is 0.496 e. The highest BCUT2D eigenvalue weighted by Crippen LogP contribution is 2.26. The van der Waals surface area contributed by atoms with Gasteiger partial charge >= 0.3 is 0 Å².